The highest BCUT2D eigenvalue weighted by Crippen LogP contribution is 2.24. The van der Waals surface area contributed by atoms with Gasteiger partial charge in [-0.3, -0.25) is 9.78 Å². The Bertz CT molecular complexity index is 492. The van der Waals surface area contributed by atoms with Crippen molar-refractivity contribution in [2.75, 3.05) is 7.11 Å². The molecule has 3 nitrogen and oxygen atoms in total. The molecule has 0 N–H and O–H groups in total. The Kier molecular flexibility index (Phi) is 2.96. The smallest absolute Gasteiger partial charge is 0.152 e. The van der Waals surface area contributed by atoms with Crippen LogP contribution >= 0.6 is 0 Å². The number of aromatic nitrogens is 1. The van der Waals surface area contributed by atoms with Crippen molar-refractivity contribution in [1.82, 2.24) is 4.98 Å². The summed E-state index contributed by atoms with van der Waals surface area (Å²) < 4.78 is 5.08. The van der Waals surface area contributed by atoms with Crippen LogP contribution in [0.3, 0.4) is 0 Å². The topological polar surface area (TPSA) is 39.2 Å². The van der Waals surface area contributed by atoms with Crippen LogP contribution in [0.15, 0.2) is 42.7 Å². The molecule has 0 aliphatic rings. The van der Waals surface area contributed by atoms with E-state index in [0.717, 1.165) is 23.2 Å². The number of carbonyl (C=O) groups excluding carboxylic acids is 1. The molecule has 1 aromatic carbocycles. The summed E-state index contributed by atoms with van der Waals surface area (Å²) in [5.41, 5.74) is 2.45. The summed E-state index contributed by atoms with van der Waals surface area (Å²) in [6.45, 7) is 0. The Morgan fingerprint density at radius 3 is 2.56 bits per heavy atom. The molecule has 2 aromatic rings. The lowest BCUT2D eigenvalue weighted by Crippen LogP contribution is -1.89. The van der Waals surface area contributed by atoms with Gasteiger partial charge in [-0.05, 0) is 29.3 Å². The molecule has 80 valence electrons. The molecule has 0 unspecified atom stereocenters. The van der Waals surface area contributed by atoms with Gasteiger partial charge in [-0.2, -0.15) is 0 Å². The van der Waals surface area contributed by atoms with E-state index in [0.29, 0.717) is 5.56 Å². The molecule has 16 heavy (non-hydrogen) atoms. The van der Waals surface area contributed by atoms with Crippen LogP contribution in [0.4, 0.5) is 0 Å². The summed E-state index contributed by atoms with van der Waals surface area (Å²) >= 11 is 0. The predicted octanol–water partition coefficient (Wildman–Crippen LogP) is 2.57. The van der Waals surface area contributed by atoms with Crippen molar-refractivity contribution in [3.63, 3.8) is 0 Å². The Labute approximate surface area is 93.7 Å². The third-order valence-electron chi connectivity index (χ3n) is 2.38. The van der Waals surface area contributed by atoms with Crippen molar-refractivity contribution < 1.29 is 9.53 Å². The Balaban J connectivity index is 2.46. The fraction of sp³-hybridized carbons (Fsp3) is 0.0769. The zero-order chi connectivity index (χ0) is 11.4. The van der Waals surface area contributed by atoms with E-state index < -0.39 is 0 Å². The second-order valence-corrected chi connectivity index (χ2v) is 3.31. The largest absolute Gasteiger partial charge is 0.497 e. The zero-order valence-electron chi connectivity index (χ0n) is 8.88. The van der Waals surface area contributed by atoms with Gasteiger partial charge in [0.25, 0.3) is 0 Å². The van der Waals surface area contributed by atoms with Crippen LogP contribution in [0.1, 0.15) is 10.4 Å². The second kappa shape index (κ2) is 4.57. The maximum atomic E-state index is 10.9. The molecule has 0 aliphatic carbocycles. The molecule has 0 saturated heterocycles. The summed E-state index contributed by atoms with van der Waals surface area (Å²) in [5, 5.41) is 0. The number of aldehydes is 1. The molecule has 1 heterocycles. The number of nitrogens with zero attached hydrogens (tertiary/aromatic N) is 1. The van der Waals surface area contributed by atoms with Crippen LogP contribution in [-0.4, -0.2) is 18.4 Å². The van der Waals surface area contributed by atoms with Gasteiger partial charge >= 0.3 is 0 Å². The third kappa shape index (κ3) is 1.93. The Morgan fingerprint density at radius 1 is 1.19 bits per heavy atom. The molecular formula is C13H11NO2. The van der Waals surface area contributed by atoms with Crippen molar-refractivity contribution in [1.29, 1.82) is 0 Å². The van der Waals surface area contributed by atoms with Crippen molar-refractivity contribution >= 4 is 6.29 Å². The van der Waals surface area contributed by atoms with Crippen molar-refractivity contribution in [3.05, 3.63) is 48.3 Å². The average Bonchev–Trinajstić information content (AvgIpc) is 2.39. The highest BCUT2D eigenvalue weighted by Gasteiger charge is 2.03. The molecule has 0 radical (unpaired) electrons. The summed E-state index contributed by atoms with van der Waals surface area (Å²) in [6.07, 6.45) is 4.05. The van der Waals surface area contributed by atoms with E-state index in [4.69, 9.17) is 4.74 Å². The lowest BCUT2D eigenvalue weighted by atomic mass is 10.0. The first kappa shape index (κ1) is 10.4. The van der Waals surface area contributed by atoms with E-state index in [1.54, 1.807) is 19.5 Å². The van der Waals surface area contributed by atoms with Gasteiger partial charge in [0, 0.05) is 18.0 Å². The van der Waals surface area contributed by atoms with E-state index in [1.165, 1.54) is 0 Å². The number of hydrogen-bond donors (Lipinski definition) is 0. The molecule has 0 spiro atoms. The summed E-state index contributed by atoms with van der Waals surface area (Å²) in [7, 11) is 1.62. The van der Waals surface area contributed by atoms with Gasteiger partial charge in [-0.25, -0.2) is 0 Å². The lowest BCUT2D eigenvalue weighted by molar-refractivity contribution is 0.112. The van der Waals surface area contributed by atoms with E-state index in [9.17, 15) is 4.79 Å². The van der Waals surface area contributed by atoms with E-state index in [2.05, 4.69) is 4.98 Å². The molecule has 0 saturated carbocycles. The highest BCUT2D eigenvalue weighted by atomic mass is 16.5. The first-order valence-corrected chi connectivity index (χ1v) is 4.89. The van der Waals surface area contributed by atoms with E-state index in [1.807, 2.05) is 30.3 Å². The van der Waals surface area contributed by atoms with Gasteiger partial charge in [-0.15, -0.1) is 0 Å². The lowest BCUT2D eigenvalue weighted by Gasteiger charge is -2.05. The summed E-state index contributed by atoms with van der Waals surface area (Å²) in [6, 6.07) is 9.39. The molecule has 0 aliphatic heterocycles. The van der Waals surface area contributed by atoms with Crippen molar-refractivity contribution in [2.45, 2.75) is 0 Å². The van der Waals surface area contributed by atoms with Crippen LogP contribution in [0, 0.1) is 0 Å². The van der Waals surface area contributed by atoms with Gasteiger partial charge in [0.15, 0.2) is 6.29 Å². The molecule has 0 atom stereocenters. The van der Waals surface area contributed by atoms with Crippen molar-refractivity contribution in [2.24, 2.45) is 0 Å². The summed E-state index contributed by atoms with van der Waals surface area (Å²) in [4.78, 5) is 14.8. The monoisotopic (exact) mass is 213 g/mol. The fourth-order valence-corrected chi connectivity index (χ4v) is 1.53. The maximum Gasteiger partial charge on any atom is 0.152 e. The maximum absolute atomic E-state index is 10.9. The zero-order valence-corrected chi connectivity index (χ0v) is 8.88. The van der Waals surface area contributed by atoms with Crippen LogP contribution in [0.25, 0.3) is 11.1 Å². The standard InChI is InChI=1S/C13H11NO2/c1-16-12-4-2-10(3-5-12)13-6-7-14-8-11(13)9-15/h2-9H,1H3. The minimum atomic E-state index is 0.590. The van der Waals surface area contributed by atoms with Gasteiger partial charge < -0.3 is 4.74 Å². The number of methoxy groups -OCH3 is 1. The predicted molar refractivity (Wildman–Crippen MR) is 61.6 cm³/mol. The molecule has 0 bridgehead atoms. The van der Waals surface area contributed by atoms with E-state index >= 15 is 0 Å². The van der Waals surface area contributed by atoms with Gasteiger partial charge in [0.05, 0.1) is 7.11 Å². The van der Waals surface area contributed by atoms with Crippen LogP contribution in [-0.2, 0) is 0 Å². The second-order valence-electron chi connectivity index (χ2n) is 3.31. The third-order valence-corrected chi connectivity index (χ3v) is 2.38. The summed E-state index contributed by atoms with van der Waals surface area (Å²) in [5.74, 6) is 0.797. The first-order chi connectivity index (χ1) is 7.85. The van der Waals surface area contributed by atoms with Crippen molar-refractivity contribution in [3.8, 4) is 16.9 Å². The van der Waals surface area contributed by atoms with Crippen LogP contribution < -0.4 is 4.74 Å². The number of hydrogen-bond acceptors (Lipinski definition) is 3. The van der Waals surface area contributed by atoms with Crippen LogP contribution in [0.2, 0.25) is 0 Å². The minimum absolute atomic E-state index is 0.590. The van der Waals surface area contributed by atoms with Crippen LogP contribution in [0.5, 0.6) is 5.75 Å². The number of rotatable bonds is 3. The number of ether oxygens (including phenoxy) is 1. The number of pyridine rings is 1. The van der Waals surface area contributed by atoms with Gasteiger partial charge in [-0.1, -0.05) is 12.1 Å². The normalized spacial score (nSPS) is 9.81. The SMILES string of the molecule is COc1ccc(-c2ccncc2C=O)cc1. The van der Waals surface area contributed by atoms with E-state index in [-0.39, 0.29) is 0 Å². The molecule has 2 rings (SSSR count). The molecule has 0 amide bonds. The van der Waals surface area contributed by atoms with Gasteiger partial charge in [0.1, 0.15) is 5.75 Å². The molecule has 1 aromatic heterocycles. The fourth-order valence-electron chi connectivity index (χ4n) is 1.53. The molecule has 3 heteroatoms. The number of benzene rings is 1. The number of carbonyl (C=O) groups is 1. The highest BCUT2D eigenvalue weighted by molar-refractivity contribution is 5.86. The minimum Gasteiger partial charge on any atom is -0.497 e. The molecular weight excluding hydrogens is 202 g/mol. The average molecular weight is 213 g/mol. The molecule has 0 fully saturated rings. The Morgan fingerprint density at radius 2 is 1.94 bits per heavy atom. The first-order valence-electron chi connectivity index (χ1n) is 4.89. The quantitative estimate of drug-likeness (QED) is 0.735. The van der Waals surface area contributed by atoms with Gasteiger partial charge in [0.2, 0.25) is 0 Å². The Hall–Kier alpha value is -2.16.